The number of nitrogens with one attached hydrogen (secondary N) is 2. The predicted octanol–water partition coefficient (Wildman–Crippen LogP) is 2.21. The van der Waals surface area contributed by atoms with Crippen molar-refractivity contribution in [1.29, 1.82) is 0 Å². The first-order valence-corrected chi connectivity index (χ1v) is 7.46. The number of carbonyl (C=O) groups excluding carboxylic acids is 1. The van der Waals surface area contributed by atoms with Crippen molar-refractivity contribution in [3.8, 4) is 0 Å². The maximum Gasteiger partial charge on any atom is 0.238 e. The molecule has 1 saturated heterocycles. The molecule has 2 N–H and O–H groups in total. The molecule has 5 heteroatoms. The Balaban J connectivity index is 1.75. The van der Waals surface area contributed by atoms with E-state index in [0.717, 1.165) is 25.3 Å². The van der Waals surface area contributed by atoms with Gasteiger partial charge in [0.2, 0.25) is 5.91 Å². The summed E-state index contributed by atoms with van der Waals surface area (Å²) in [5.41, 5.74) is 0.746. The van der Waals surface area contributed by atoms with E-state index in [-0.39, 0.29) is 5.91 Å². The van der Waals surface area contributed by atoms with E-state index in [1.54, 1.807) is 12.1 Å². The van der Waals surface area contributed by atoms with Gasteiger partial charge in [0.1, 0.15) is 0 Å². The van der Waals surface area contributed by atoms with Gasteiger partial charge in [-0.2, -0.15) is 0 Å². The standard InChI is InChI=1S/C15H22ClN3O/c1-19(10-12-4-3-7-17-9-12)11-15(20)18-14-6-2-5-13(16)8-14/h2,5-6,8,12,17H,3-4,7,9-11H2,1H3,(H,18,20). The number of rotatable bonds is 5. The van der Waals surface area contributed by atoms with E-state index in [0.29, 0.717) is 17.5 Å². The minimum absolute atomic E-state index is 0.00136. The Kier molecular flexibility index (Phi) is 5.83. The van der Waals surface area contributed by atoms with E-state index in [9.17, 15) is 4.79 Å². The summed E-state index contributed by atoms with van der Waals surface area (Å²) in [6.07, 6.45) is 2.47. The average molecular weight is 296 g/mol. The maximum absolute atomic E-state index is 12.0. The molecule has 0 saturated carbocycles. The normalized spacial score (nSPS) is 19.1. The van der Waals surface area contributed by atoms with Crippen LogP contribution in [0.5, 0.6) is 0 Å². The molecule has 1 atom stereocenters. The molecule has 0 radical (unpaired) electrons. The predicted molar refractivity (Wildman–Crippen MR) is 83.2 cm³/mol. The molecule has 0 spiro atoms. The minimum atomic E-state index is -0.00136. The minimum Gasteiger partial charge on any atom is -0.325 e. The lowest BCUT2D eigenvalue weighted by Crippen LogP contribution is -2.39. The number of halogens is 1. The molecule has 4 nitrogen and oxygen atoms in total. The fourth-order valence-corrected chi connectivity index (χ4v) is 2.79. The maximum atomic E-state index is 12.0. The molecule has 0 aliphatic carbocycles. The zero-order valence-electron chi connectivity index (χ0n) is 11.9. The van der Waals surface area contributed by atoms with Crippen LogP contribution in [0.2, 0.25) is 5.02 Å². The molecule has 1 aliphatic heterocycles. The van der Waals surface area contributed by atoms with E-state index < -0.39 is 0 Å². The quantitative estimate of drug-likeness (QED) is 0.875. The van der Waals surface area contributed by atoms with Gasteiger partial charge in [-0.05, 0) is 57.1 Å². The van der Waals surface area contributed by atoms with Gasteiger partial charge in [-0.15, -0.1) is 0 Å². The third-order valence-corrected chi connectivity index (χ3v) is 3.73. The first-order valence-electron chi connectivity index (χ1n) is 7.08. The van der Waals surface area contributed by atoms with Crippen LogP contribution in [0.1, 0.15) is 12.8 Å². The molecule has 1 aromatic carbocycles. The summed E-state index contributed by atoms with van der Waals surface area (Å²) in [6, 6.07) is 7.22. The van der Waals surface area contributed by atoms with Crippen molar-refractivity contribution in [3.63, 3.8) is 0 Å². The Bertz CT molecular complexity index is 446. The molecule has 2 rings (SSSR count). The van der Waals surface area contributed by atoms with Gasteiger partial charge in [0, 0.05) is 17.3 Å². The third kappa shape index (κ3) is 5.12. The van der Waals surface area contributed by atoms with E-state index in [4.69, 9.17) is 11.6 Å². The number of hydrogen-bond acceptors (Lipinski definition) is 3. The summed E-state index contributed by atoms with van der Waals surface area (Å²) >= 11 is 5.89. The molecule has 1 fully saturated rings. The fourth-order valence-electron chi connectivity index (χ4n) is 2.60. The van der Waals surface area contributed by atoms with Gasteiger partial charge in [-0.1, -0.05) is 17.7 Å². The number of hydrogen-bond donors (Lipinski definition) is 2. The summed E-state index contributed by atoms with van der Waals surface area (Å²) in [7, 11) is 1.99. The SMILES string of the molecule is CN(CC(=O)Nc1cccc(Cl)c1)CC1CCCNC1. The van der Waals surface area contributed by atoms with Crippen molar-refractivity contribution in [2.24, 2.45) is 5.92 Å². The Labute approximate surface area is 125 Å². The number of nitrogens with zero attached hydrogens (tertiary/aromatic N) is 1. The second-order valence-corrected chi connectivity index (χ2v) is 5.90. The Hall–Kier alpha value is -1.10. The molecule has 1 heterocycles. The van der Waals surface area contributed by atoms with Crippen molar-refractivity contribution in [2.45, 2.75) is 12.8 Å². The summed E-state index contributed by atoms with van der Waals surface area (Å²) < 4.78 is 0. The number of benzene rings is 1. The van der Waals surface area contributed by atoms with Crippen LogP contribution >= 0.6 is 11.6 Å². The summed E-state index contributed by atoms with van der Waals surface area (Å²) in [4.78, 5) is 14.0. The highest BCUT2D eigenvalue weighted by Gasteiger charge is 2.16. The van der Waals surface area contributed by atoms with Crippen LogP contribution in [0.3, 0.4) is 0 Å². The first kappa shape index (κ1) is 15.3. The second-order valence-electron chi connectivity index (χ2n) is 5.47. The molecule has 0 aromatic heterocycles. The molecule has 1 amide bonds. The highest BCUT2D eigenvalue weighted by atomic mass is 35.5. The van der Waals surface area contributed by atoms with E-state index in [1.165, 1.54) is 12.8 Å². The molecule has 1 aromatic rings. The average Bonchev–Trinajstić information content (AvgIpc) is 2.39. The van der Waals surface area contributed by atoms with Gasteiger partial charge >= 0.3 is 0 Å². The van der Waals surface area contributed by atoms with Gasteiger partial charge in [0.25, 0.3) is 0 Å². The molecular formula is C15H22ClN3O. The van der Waals surface area contributed by atoms with Gasteiger partial charge in [0.15, 0.2) is 0 Å². The van der Waals surface area contributed by atoms with Gasteiger partial charge in [0.05, 0.1) is 6.54 Å². The molecule has 20 heavy (non-hydrogen) atoms. The van der Waals surface area contributed by atoms with Gasteiger partial charge < -0.3 is 10.6 Å². The Morgan fingerprint density at radius 1 is 1.55 bits per heavy atom. The van der Waals surface area contributed by atoms with Crippen LogP contribution in [0.15, 0.2) is 24.3 Å². The number of piperidine rings is 1. The number of likely N-dealkylation sites (N-methyl/N-ethyl adjacent to an activating group) is 1. The molecule has 1 unspecified atom stereocenters. The second kappa shape index (κ2) is 7.62. The monoisotopic (exact) mass is 295 g/mol. The summed E-state index contributed by atoms with van der Waals surface area (Å²) in [5.74, 6) is 0.645. The first-order chi connectivity index (χ1) is 9.63. The lowest BCUT2D eigenvalue weighted by molar-refractivity contribution is -0.117. The van der Waals surface area contributed by atoms with E-state index >= 15 is 0 Å². The van der Waals surface area contributed by atoms with Gasteiger partial charge in [-0.25, -0.2) is 0 Å². The van der Waals surface area contributed by atoms with Crippen LogP contribution in [0, 0.1) is 5.92 Å². The van der Waals surface area contributed by atoms with Crippen molar-refractivity contribution in [2.75, 3.05) is 38.5 Å². The van der Waals surface area contributed by atoms with Crippen molar-refractivity contribution >= 4 is 23.2 Å². The van der Waals surface area contributed by atoms with Gasteiger partial charge in [-0.3, -0.25) is 9.69 Å². The van der Waals surface area contributed by atoms with Crippen LogP contribution in [0.25, 0.3) is 0 Å². The van der Waals surface area contributed by atoms with Crippen LogP contribution < -0.4 is 10.6 Å². The number of amides is 1. The Morgan fingerprint density at radius 2 is 2.40 bits per heavy atom. The molecule has 110 valence electrons. The van der Waals surface area contributed by atoms with Crippen molar-refractivity contribution in [1.82, 2.24) is 10.2 Å². The highest BCUT2D eigenvalue weighted by molar-refractivity contribution is 6.30. The largest absolute Gasteiger partial charge is 0.325 e. The smallest absolute Gasteiger partial charge is 0.238 e. The zero-order chi connectivity index (χ0) is 14.4. The highest BCUT2D eigenvalue weighted by Crippen LogP contribution is 2.15. The van der Waals surface area contributed by atoms with Crippen molar-refractivity contribution in [3.05, 3.63) is 29.3 Å². The Morgan fingerprint density at radius 3 is 3.10 bits per heavy atom. The van der Waals surface area contributed by atoms with Crippen LogP contribution in [-0.4, -0.2) is 44.0 Å². The van der Waals surface area contributed by atoms with E-state index in [2.05, 4.69) is 15.5 Å². The number of carbonyl (C=O) groups is 1. The van der Waals surface area contributed by atoms with Crippen LogP contribution in [-0.2, 0) is 4.79 Å². The lowest BCUT2D eigenvalue weighted by Gasteiger charge is -2.27. The van der Waals surface area contributed by atoms with Crippen molar-refractivity contribution < 1.29 is 4.79 Å². The van der Waals surface area contributed by atoms with E-state index in [1.807, 2.05) is 19.2 Å². The van der Waals surface area contributed by atoms with Crippen LogP contribution in [0.4, 0.5) is 5.69 Å². The lowest BCUT2D eigenvalue weighted by atomic mass is 9.99. The summed E-state index contributed by atoms with van der Waals surface area (Å²) in [6.45, 7) is 3.54. The fraction of sp³-hybridized carbons (Fsp3) is 0.533. The zero-order valence-corrected chi connectivity index (χ0v) is 12.6. The topological polar surface area (TPSA) is 44.4 Å². The molecule has 1 aliphatic rings. The molecule has 0 bridgehead atoms. The number of anilines is 1. The third-order valence-electron chi connectivity index (χ3n) is 3.49. The summed E-state index contributed by atoms with van der Waals surface area (Å²) in [5, 5.41) is 6.90. The molecular weight excluding hydrogens is 274 g/mol.